The van der Waals surface area contributed by atoms with Crippen molar-refractivity contribution in [3.8, 4) is 5.75 Å². The highest BCUT2D eigenvalue weighted by Crippen LogP contribution is 2.45. The van der Waals surface area contributed by atoms with Gasteiger partial charge in [0.15, 0.2) is 5.82 Å². The molecule has 0 amide bonds. The third-order valence-electron chi connectivity index (χ3n) is 5.41. The number of fused-ring (bicyclic) bond motifs is 1. The fraction of sp³-hybridized carbons (Fsp3) is 0.0800. The zero-order valence-corrected chi connectivity index (χ0v) is 18.2. The van der Waals surface area contributed by atoms with Crippen molar-refractivity contribution < 1.29 is 4.74 Å². The van der Waals surface area contributed by atoms with E-state index in [1.165, 1.54) is 0 Å². The number of aliphatic imine (C=N–C) groups is 1. The van der Waals surface area contributed by atoms with E-state index in [1.54, 1.807) is 7.11 Å². The van der Waals surface area contributed by atoms with Gasteiger partial charge in [-0.3, -0.25) is 0 Å². The zero-order chi connectivity index (χ0) is 21.4. The number of ether oxygens (including phenoxy) is 1. The minimum absolute atomic E-state index is 0.115. The lowest BCUT2D eigenvalue weighted by atomic mass is 9.94. The summed E-state index contributed by atoms with van der Waals surface area (Å²) in [5.41, 5.74) is 8.27. The third-order valence-corrected chi connectivity index (χ3v) is 6.04. The summed E-state index contributed by atoms with van der Waals surface area (Å²) in [6.45, 7) is 0. The van der Waals surface area contributed by atoms with E-state index >= 15 is 0 Å². The highest BCUT2D eigenvalue weighted by Gasteiger charge is 2.38. The Kier molecular flexibility index (Phi) is 5.28. The fourth-order valence-corrected chi connectivity index (χ4v) is 4.56. The normalized spacial score (nSPS) is 18.2. The molecule has 1 atom stereocenters. The molecule has 1 N–H and O–H groups in total. The summed E-state index contributed by atoms with van der Waals surface area (Å²) in [5, 5.41) is 2.66. The SMILES string of the molecule is COc1ccc(C2=C(Cl)N3NC(c4ccccc4)C(c4ccccc4)=C3N=C2Cl)cc1. The number of rotatable bonds is 4. The lowest BCUT2D eigenvalue weighted by Gasteiger charge is -2.26. The minimum atomic E-state index is -0.115. The van der Waals surface area contributed by atoms with Crippen molar-refractivity contribution in [3.05, 3.63) is 113 Å². The van der Waals surface area contributed by atoms with Crippen molar-refractivity contribution in [2.75, 3.05) is 7.11 Å². The van der Waals surface area contributed by atoms with E-state index < -0.39 is 0 Å². The molecule has 154 valence electrons. The molecule has 2 heterocycles. The molecule has 0 saturated carbocycles. The predicted molar refractivity (Wildman–Crippen MR) is 127 cm³/mol. The van der Waals surface area contributed by atoms with Gasteiger partial charge >= 0.3 is 0 Å². The van der Waals surface area contributed by atoms with Gasteiger partial charge in [-0.25, -0.2) is 15.4 Å². The maximum atomic E-state index is 6.90. The highest BCUT2D eigenvalue weighted by atomic mass is 35.5. The molecule has 3 aromatic rings. The second-order valence-electron chi connectivity index (χ2n) is 7.21. The van der Waals surface area contributed by atoms with Gasteiger partial charge in [0.1, 0.15) is 16.1 Å². The standard InChI is InChI=1S/C25H19Cl2N3O/c1-31-19-14-12-17(13-15-19)21-23(26)28-25-20(16-8-4-2-5-9-16)22(29-30(25)24(21)27)18-10-6-3-7-11-18/h2-15,22,29H,1H3. The lowest BCUT2D eigenvalue weighted by molar-refractivity contribution is 0.336. The first kappa shape index (κ1) is 19.9. The number of halogens is 2. The van der Waals surface area contributed by atoms with E-state index in [2.05, 4.69) is 29.7 Å². The first-order valence-corrected chi connectivity index (χ1v) is 10.6. The summed E-state index contributed by atoms with van der Waals surface area (Å²) in [4.78, 5) is 4.78. The number of hydrogen-bond acceptors (Lipinski definition) is 4. The van der Waals surface area contributed by atoms with Gasteiger partial charge in [-0.05, 0) is 28.8 Å². The van der Waals surface area contributed by atoms with Gasteiger partial charge in [0.25, 0.3) is 0 Å². The first-order chi connectivity index (χ1) is 15.2. The Labute approximate surface area is 191 Å². The van der Waals surface area contributed by atoms with Gasteiger partial charge in [-0.15, -0.1) is 0 Å². The molecule has 2 aliphatic heterocycles. The van der Waals surface area contributed by atoms with Gasteiger partial charge in [0.2, 0.25) is 0 Å². The number of allylic oxidation sites excluding steroid dienone is 1. The Morgan fingerprint density at radius 1 is 0.839 bits per heavy atom. The van der Waals surface area contributed by atoms with Crippen LogP contribution in [0.2, 0.25) is 0 Å². The molecule has 0 fully saturated rings. The number of benzene rings is 3. The number of nitrogens with one attached hydrogen (secondary N) is 1. The molecule has 4 nitrogen and oxygen atoms in total. The molecule has 3 aromatic carbocycles. The molecule has 2 aliphatic rings. The number of hydrazine groups is 1. The topological polar surface area (TPSA) is 36.9 Å². The molecule has 0 saturated heterocycles. The highest BCUT2D eigenvalue weighted by molar-refractivity contribution is 6.77. The molecule has 0 bridgehead atoms. The quantitative estimate of drug-likeness (QED) is 0.484. The average molecular weight is 448 g/mol. The summed E-state index contributed by atoms with van der Waals surface area (Å²) in [5.74, 6) is 1.46. The van der Waals surface area contributed by atoms with E-state index in [0.29, 0.717) is 21.7 Å². The van der Waals surface area contributed by atoms with Crippen LogP contribution in [-0.2, 0) is 0 Å². The van der Waals surface area contributed by atoms with Gasteiger partial charge in [0, 0.05) is 5.57 Å². The van der Waals surface area contributed by atoms with Crippen LogP contribution in [0.5, 0.6) is 5.75 Å². The van der Waals surface area contributed by atoms with Crippen LogP contribution in [0, 0.1) is 0 Å². The van der Waals surface area contributed by atoms with Crippen molar-refractivity contribution in [1.82, 2.24) is 10.4 Å². The van der Waals surface area contributed by atoms with Crippen LogP contribution < -0.4 is 10.2 Å². The summed E-state index contributed by atoms with van der Waals surface area (Å²) in [6, 6.07) is 27.9. The van der Waals surface area contributed by atoms with Crippen LogP contribution in [0.3, 0.4) is 0 Å². The van der Waals surface area contributed by atoms with Gasteiger partial charge in [0.05, 0.1) is 18.7 Å². The first-order valence-electron chi connectivity index (χ1n) is 9.87. The number of nitrogens with zero attached hydrogens (tertiary/aromatic N) is 2. The Morgan fingerprint density at radius 2 is 1.48 bits per heavy atom. The second kappa shape index (κ2) is 8.23. The summed E-state index contributed by atoms with van der Waals surface area (Å²) >= 11 is 13.6. The molecule has 31 heavy (non-hydrogen) atoms. The Balaban J connectivity index is 1.65. The molecule has 0 radical (unpaired) electrons. The summed E-state index contributed by atoms with van der Waals surface area (Å²) in [6.07, 6.45) is 0. The molecule has 6 heteroatoms. The smallest absolute Gasteiger partial charge is 0.155 e. The van der Waals surface area contributed by atoms with Crippen LogP contribution in [0.1, 0.15) is 22.7 Å². The van der Waals surface area contributed by atoms with Crippen LogP contribution in [0.4, 0.5) is 0 Å². The minimum Gasteiger partial charge on any atom is -0.497 e. The number of methoxy groups -OCH3 is 1. The number of hydrogen-bond donors (Lipinski definition) is 1. The molecule has 0 aliphatic carbocycles. The maximum Gasteiger partial charge on any atom is 0.155 e. The van der Waals surface area contributed by atoms with Gasteiger partial charge < -0.3 is 4.74 Å². The van der Waals surface area contributed by atoms with Crippen molar-refractivity contribution in [2.24, 2.45) is 4.99 Å². The fourth-order valence-electron chi connectivity index (χ4n) is 3.91. The van der Waals surface area contributed by atoms with Crippen LogP contribution in [0.15, 0.2) is 101 Å². The van der Waals surface area contributed by atoms with E-state index in [-0.39, 0.29) is 6.04 Å². The van der Waals surface area contributed by atoms with Gasteiger partial charge in [-0.2, -0.15) is 0 Å². The Hall–Kier alpha value is -3.05. The van der Waals surface area contributed by atoms with Crippen molar-refractivity contribution in [2.45, 2.75) is 6.04 Å². The van der Waals surface area contributed by atoms with Crippen LogP contribution in [0.25, 0.3) is 11.1 Å². The van der Waals surface area contributed by atoms with E-state index in [1.807, 2.05) is 65.7 Å². The van der Waals surface area contributed by atoms with E-state index in [0.717, 1.165) is 28.0 Å². The third kappa shape index (κ3) is 3.53. The molecular formula is C25H19Cl2N3O. The van der Waals surface area contributed by atoms with Crippen molar-refractivity contribution in [3.63, 3.8) is 0 Å². The molecule has 0 spiro atoms. The largest absolute Gasteiger partial charge is 0.497 e. The van der Waals surface area contributed by atoms with Crippen LogP contribution >= 0.6 is 23.2 Å². The monoisotopic (exact) mass is 447 g/mol. The van der Waals surface area contributed by atoms with E-state index in [4.69, 9.17) is 32.9 Å². The summed E-state index contributed by atoms with van der Waals surface area (Å²) < 4.78 is 5.26. The summed E-state index contributed by atoms with van der Waals surface area (Å²) in [7, 11) is 1.64. The van der Waals surface area contributed by atoms with Crippen molar-refractivity contribution >= 4 is 39.5 Å². The lowest BCUT2D eigenvalue weighted by Crippen LogP contribution is -2.34. The molecule has 5 rings (SSSR count). The molecular weight excluding hydrogens is 429 g/mol. The second-order valence-corrected chi connectivity index (χ2v) is 7.92. The molecule has 0 aromatic heterocycles. The zero-order valence-electron chi connectivity index (χ0n) is 16.7. The predicted octanol–water partition coefficient (Wildman–Crippen LogP) is 6.18. The Bertz CT molecular complexity index is 1200. The maximum absolute atomic E-state index is 6.90. The Morgan fingerprint density at radius 3 is 2.13 bits per heavy atom. The van der Waals surface area contributed by atoms with Crippen molar-refractivity contribution in [1.29, 1.82) is 0 Å². The van der Waals surface area contributed by atoms with E-state index in [9.17, 15) is 0 Å². The van der Waals surface area contributed by atoms with Crippen LogP contribution in [-0.4, -0.2) is 17.3 Å². The van der Waals surface area contributed by atoms with Gasteiger partial charge in [-0.1, -0.05) is 96.0 Å². The molecule has 1 unspecified atom stereocenters. The average Bonchev–Trinajstić information content (AvgIpc) is 3.20.